The highest BCUT2D eigenvalue weighted by molar-refractivity contribution is 4.85. The molecule has 1 rings (SSSR count). The van der Waals surface area contributed by atoms with Crippen molar-refractivity contribution in [3.05, 3.63) is 0 Å². The Morgan fingerprint density at radius 3 is 2.31 bits per heavy atom. The van der Waals surface area contributed by atoms with Gasteiger partial charge in [0.05, 0.1) is 0 Å². The van der Waals surface area contributed by atoms with Gasteiger partial charge in [0.2, 0.25) is 0 Å². The summed E-state index contributed by atoms with van der Waals surface area (Å²) in [6, 6.07) is 1.21. The van der Waals surface area contributed by atoms with E-state index in [0.717, 1.165) is 18.4 Å². The van der Waals surface area contributed by atoms with Crippen LogP contribution in [0.2, 0.25) is 0 Å². The molecule has 0 radical (unpaired) electrons. The second-order valence-corrected chi connectivity index (χ2v) is 4.85. The third-order valence-corrected chi connectivity index (χ3v) is 2.84. The van der Waals surface area contributed by atoms with E-state index in [2.05, 4.69) is 38.3 Å². The maximum Gasteiger partial charge on any atom is 0.0164 e. The van der Waals surface area contributed by atoms with Crippen molar-refractivity contribution in [2.24, 2.45) is 11.8 Å². The predicted octanol–water partition coefficient (Wildman–Crippen LogP) is 1.62. The first-order valence-corrected chi connectivity index (χ1v) is 5.56. The van der Waals surface area contributed by atoms with Gasteiger partial charge in [0, 0.05) is 18.6 Å². The summed E-state index contributed by atoms with van der Waals surface area (Å²) in [5, 5.41) is 7.01. The summed E-state index contributed by atoms with van der Waals surface area (Å²) in [5.41, 5.74) is 0. The van der Waals surface area contributed by atoms with Crippen LogP contribution in [0.1, 0.15) is 34.1 Å². The van der Waals surface area contributed by atoms with E-state index in [4.69, 9.17) is 0 Å². The predicted molar refractivity (Wildman–Crippen MR) is 57.9 cm³/mol. The lowest BCUT2D eigenvalue weighted by molar-refractivity contribution is 0.461. The summed E-state index contributed by atoms with van der Waals surface area (Å²) in [4.78, 5) is 0. The summed E-state index contributed by atoms with van der Waals surface area (Å²) in [6.45, 7) is 11.3. The van der Waals surface area contributed by atoms with Crippen molar-refractivity contribution in [3.63, 3.8) is 0 Å². The van der Waals surface area contributed by atoms with E-state index >= 15 is 0 Å². The highest BCUT2D eigenvalue weighted by Crippen LogP contribution is 2.36. The second kappa shape index (κ2) is 4.97. The molecule has 0 saturated heterocycles. The maximum atomic E-state index is 3.57. The second-order valence-electron chi connectivity index (χ2n) is 4.85. The Hall–Kier alpha value is -0.0800. The van der Waals surface area contributed by atoms with E-state index < -0.39 is 0 Å². The van der Waals surface area contributed by atoms with Crippen LogP contribution in [0.4, 0.5) is 0 Å². The summed E-state index contributed by atoms with van der Waals surface area (Å²) in [7, 11) is 0. The molecule has 0 heterocycles. The monoisotopic (exact) mass is 184 g/mol. The van der Waals surface area contributed by atoms with Crippen LogP contribution < -0.4 is 10.6 Å². The molecule has 2 nitrogen and oxygen atoms in total. The lowest BCUT2D eigenvalue weighted by Gasteiger charge is -2.16. The SMILES string of the molecule is CC(C)NCC(C)NCC1CC1C. The number of hydrogen-bond acceptors (Lipinski definition) is 2. The van der Waals surface area contributed by atoms with Gasteiger partial charge < -0.3 is 10.6 Å². The first kappa shape index (κ1) is 11.0. The maximum absolute atomic E-state index is 3.57. The van der Waals surface area contributed by atoms with Gasteiger partial charge >= 0.3 is 0 Å². The number of nitrogens with one attached hydrogen (secondary N) is 2. The topological polar surface area (TPSA) is 24.1 Å². The van der Waals surface area contributed by atoms with Crippen LogP contribution in [-0.4, -0.2) is 25.2 Å². The molecule has 0 aromatic rings. The minimum Gasteiger partial charge on any atom is -0.313 e. The molecular weight excluding hydrogens is 160 g/mol. The van der Waals surface area contributed by atoms with Crippen molar-refractivity contribution in [2.75, 3.05) is 13.1 Å². The van der Waals surface area contributed by atoms with Crippen LogP contribution in [-0.2, 0) is 0 Å². The third kappa shape index (κ3) is 4.63. The molecule has 3 atom stereocenters. The quantitative estimate of drug-likeness (QED) is 0.655. The van der Waals surface area contributed by atoms with E-state index in [1.54, 1.807) is 0 Å². The standard InChI is InChI=1S/C11H24N2/c1-8(2)12-6-10(4)13-7-11-5-9(11)3/h8-13H,5-7H2,1-4H3. The summed E-state index contributed by atoms with van der Waals surface area (Å²) >= 11 is 0. The molecule has 0 spiro atoms. The Balaban J connectivity index is 1.94. The largest absolute Gasteiger partial charge is 0.313 e. The number of rotatable bonds is 6. The van der Waals surface area contributed by atoms with Crippen molar-refractivity contribution in [2.45, 2.75) is 46.2 Å². The molecule has 1 saturated carbocycles. The molecule has 1 fully saturated rings. The molecule has 78 valence electrons. The van der Waals surface area contributed by atoms with Crippen molar-refractivity contribution < 1.29 is 0 Å². The van der Waals surface area contributed by atoms with E-state index in [-0.39, 0.29) is 0 Å². The zero-order valence-electron chi connectivity index (χ0n) is 9.43. The Morgan fingerprint density at radius 2 is 1.85 bits per heavy atom. The lowest BCUT2D eigenvalue weighted by Crippen LogP contribution is -2.39. The van der Waals surface area contributed by atoms with Gasteiger partial charge in [-0.1, -0.05) is 20.8 Å². The zero-order chi connectivity index (χ0) is 9.84. The van der Waals surface area contributed by atoms with Gasteiger partial charge in [-0.3, -0.25) is 0 Å². The molecule has 13 heavy (non-hydrogen) atoms. The van der Waals surface area contributed by atoms with Crippen LogP contribution in [0, 0.1) is 11.8 Å². The van der Waals surface area contributed by atoms with Crippen molar-refractivity contribution in [3.8, 4) is 0 Å². The van der Waals surface area contributed by atoms with Crippen molar-refractivity contribution >= 4 is 0 Å². The van der Waals surface area contributed by atoms with Gasteiger partial charge in [-0.05, 0) is 31.7 Å². The van der Waals surface area contributed by atoms with E-state index in [1.807, 2.05) is 0 Å². The smallest absolute Gasteiger partial charge is 0.0164 e. The van der Waals surface area contributed by atoms with Crippen molar-refractivity contribution in [1.82, 2.24) is 10.6 Å². The van der Waals surface area contributed by atoms with E-state index in [1.165, 1.54) is 13.0 Å². The molecule has 2 N–H and O–H groups in total. The Morgan fingerprint density at radius 1 is 1.23 bits per heavy atom. The molecule has 0 bridgehead atoms. The molecule has 3 unspecified atom stereocenters. The van der Waals surface area contributed by atoms with Gasteiger partial charge in [0.25, 0.3) is 0 Å². The molecular formula is C11H24N2. The third-order valence-electron chi connectivity index (χ3n) is 2.84. The summed E-state index contributed by atoms with van der Waals surface area (Å²) in [5.74, 6) is 1.93. The number of hydrogen-bond donors (Lipinski definition) is 2. The summed E-state index contributed by atoms with van der Waals surface area (Å²) < 4.78 is 0. The van der Waals surface area contributed by atoms with Gasteiger partial charge in [-0.25, -0.2) is 0 Å². The van der Waals surface area contributed by atoms with Crippen LogP contribution in [0.5, 0.6) is 0 Å². The van der Waals surface area contributed by atoms with Crippen molar-refractivity contribution in [1.29, 1.82) is 0 Å². The van der Waals surface area contributed by atoms with Crippen LogP contribution in [0.15, 0.2) is 0 Å². The minimum atomic E-state index is 0.601. The minimum absolute atomic E-state index is 0.601. The molecule has 0 aliphatic heterocycles. The Labute approximate surface area is 82.5 Å². The molecule has 0 aromatic heterocycles. The Bertz CT molecular complexity index is 145. The molecule has 0 aromatic carbocycles. The van der Waals surface area contributed by atoms with E-state index in [9.17, 15) is 0 Å². The van der Waals surface area contributed by atoms with Crippen LogP contribution >= 0.6 is 0 Å². The zero-order valence-corrected chi connectivity index (χ0v) is 9.43. The molecule has 1 aliphatic carbocycles. The fourth-order valence-electron chi connectivity index (χ4n) is 1.52. The van der Waals surface area contributed by atoms with Gasteiger partial charge in [0.15, 0.2) is 0 Å². The van der Waals surface area contributed by atoms with Crippen LogP contribution in [0.3, 0.4) is 0 Å². The average molecular weight is 184 g/mol. The first-order valence-electron chi connectivity index (χ1n) is 5.56. The van der Waals surface area contributed by atoms with Crippen LogP contribution in [0.25, 0.3) is 0 Å². The van der Waals surface area contributed by atoms with Gasteiger partial charge in [-0.15, -0.1) is 0 Å². The fourth-order valence-corrected chi connectivity index (χ4v) is 1.52. The first-order chi connectivity index (χ1) is 6.09. The van der Waals surface area contributed by atoms with E-state index in [0.29, 0.717) is 12.1 Å². The highest BCUT2D eigenvalue weighted by atomic mass is 15.0. The Kier molecular flexibility index (Phi) is 4.20. The molecule has 1 aliphatic rings. The molecule has 2 heteroatoms. The fraction of sp³-hybridized carbons (Fsp3) is 1.00. The van der Waals surface area contributed by atoms with Gasteiger partial charge in [0.1, 0.15) is 0 Å². The average Bonchev–Trinajstić information content (AvgIpc) is 2.75. The summed E-state index contributed by atoms with van der Waals surface area (Å²) in [6.07, 6.45) is 1.43. The lowest BCUT2D eigenvalue weighted by atomic mass is 10.2. The normalized spacial score (nSPS) is 29.3. The van der Waals surface area contributed by atoms with Gasteiger partial charge in [-0.2, -0.15) is 0 Å². The highest BCUT2D eigenvalue weighted by Gasteiger charge is 2.31. The molecule has 0 amide bonds.